The first-order chi connectivity index (χ1) is 11.5. The second kappa shape index (κ2) is 6.51. The largest absolute Gasteiger partial charge is 0.479 e. The van der Waals surface area contributed by atoms with E-state index in [2.05, 4.69) is 0 Å². The van der Waals surface area contributed by atoms with E-state index in [-0.39, 0.29) is 18.2 Å². The lowest BCUT2D eigenvalue weighted by molar-refractivity contribution is -0.134. The van der Waals surface area contributed by atoms with E-state index in [1.807, 2.05) is 18.2 Å². The first kappa shape index (κ1) is 16.3. The van der Waals surface area contributed by atoms with Gasteiger partial charge in [-0.05, 0) is 24.6 Å². The Morgan fingerprint density at radius 3 is 2.67 bits per heavy atom. The second-order valence-electron chi connectivity index (χ2n) is 6.16. The normalized spacial score (nSPS) is 20.5. The highest BCUT2D eigenvalue weighted by Crippen LogP contribution is 2.34. The van der Waals surface area contributed by atoms with Gasteiger partial charge in [0, 0.05) is 33.2 Å². The number of carbonyl (C=O) groups excluding carboxylic acids is 3. The third-order valence-electron chi connectivity index (χ3n) is 4.54. The van der Waals surface area contributed by atoms with Crippen molar-refractivity contribution in [1.82, 2.24) is 9.80 Å². The highest BCUT2D eigenvalue weighted by molar-refractivity contribution is 5.99. The molecule has 1 unspecified atom stereocenters. The average Bonchev–Trinajstić information content (AvgIpc) is 2.60. The maximum Gasteiger partial charge on any atom is 0.267 e. The molecular formula is C17H21N3O4. The molecule has 0 spiro atoms. The molecule has 1 atom stereocenters. The molecule has 2 aliphatic heterocycles. The van der Waals surface area contributed by atoms with E-state index >= 15 is 0 Å². The molecule has 128 valence electrons. The Morgan fingerprint density at radius 1 is 1.29 bits per heavy atom. The summed E-state index contributed by atoms with van der Waals surface area (Å²) in [7, 11) is 1.71. The number of anilines is 1. The van der Waals surface area contributed by atoms with Crippen molar-refractivity contribution in [2.24, 2.45) is 0 Å². The van der Waals surface area contributed by atoms with Crippen molar-refractivity contribution in [1.29, 1.82) is 0 Å². The van der Waals surface area contributed by atoms with E-state index < -0.39 is 6.10 Å². The molecule has 1 aromatic carbocycles. The highest BCUT2D eigenvalue weighted by Gasteiger charge is 2.29. The predicted octanol–water partition coefficient (Wildman–Crippen LogP) is 0.273. The molecule has 0 N–H and O–H groups in total. The minimum absolute atomic E-state index is 0.0274. The van der Waals surface area contributed by atoms with Crippen LogP contribution < -0.4 is 9.64 Å². The molecule has 0 radical (unpaired) electrons. The van der Waals surface area contributed by atoms with E-state index in [4.69, 9.17) is 4.74 Å². The van der Waals surface area contributed by atoms with Gasteiger partial charge in [-0.15, -0.1) is 0 Å². The number of benzene rings is 1. The molecule has 24 heavy (non-hydrogen) atoms. The number of fused-ring (bicyclic) bond motifs is 1. The van der Waals surface area contributed by atoms with Gasteiger partial charge in [0.15, 0.2) is 6.10 Å². The summed E-state index contributed by atoms with van der Waals surface area (Å²) in [6.07, 6.45) is 0.592. The van der Waals surface area contributed by atoms with Crippen LogP contribution in [0.4, 0.5) is 5.69 Å². The Hall–Kier alpha value is -2.57. The van der Waals surface area contributed by atoms with Crippen LogP contribution in [0.1, 0.15) is 12.5 Å². The quantitative estimate of drug-likeness (QED) is 0.746. The summed E-state index contributed by atoms with van der Waals surface area (Å²) < 4.78 is 5.59. The highest BCUT2D eigenvalue weighted by atomic mass is 16.5. The Morgan fingerprint density at radius 2 is 2.00 bits per heavy atom. The summed E-state index contributed by atoms with van der Waals surface area (Å²) in [4.78, 5) is 40.2. The number of piperazine rings is 1. The zero-order valence-corrected chi connectivity index (χ0v) is 13.9. The molecule has 0 bridgehead atoms. The summed E-state index contributed by atoms with van der Waals surface area (Å²) in [5.41, 5.74) is 1.53. The molecular weight excluding hydrogens is 310 g/mol. The number of hydrogen-bond acceptors (Lipinski definition) is 4. The lowest BCUT2D eigenvalue weighted by Crippen LogP contribution is -2.48. The van der Waals surface area contributed by atoms with E-state index in [0.717, 1.165) is 12.0 Å². The number of carbonyl (C=O) groups is 3. The minimum atomic E-state index is -0.496. The number of hydrogen-bond donors (Lipinski definition) is 0. The van der Waals surface area contributed by atoms with Crippen molar-refractivity contribution in [2.45, 2.75) is 19.4 Å². The number of rotatable bonds is 3. The molecule has 3 amide bonds. The van der Waals surface area contributed by atoms with E-state index in [9.17, 15) is 14.4 Å². The Bertz CT molecular complexity index is 668. The van der Waals surface area contributed by atoms with Gasteiger partial charge in [-0.1, -0.05) is 6.07 Å². The van der Waals surface area contributed by atoms with Gasteiger partial charge in [0.1, 0.15) is 5.75 Å². The van der Waals surface area contributed by atoms with Crippen LogP contribution in [0.3, 0.4) is 0 Å². The summed E-state index contributed by atoms with van der Waals surface area (Å²) in [6, 6.07) is 5.50. The van der Waals surface area contributed by atoms with Crippen molar-refractivity contribution in [3.63, 3.8) is 0 Å². The lowest BCUT2D eigenvalue weighted by Gasteiger charge is -2.33. The van der Waals surface area contributed by atoms with Crippen molar-refractivity contribution in [2.75, 3.05) is 38.1 Å². The summed E-state index contributed by atoms with van der Waals surface area (Å²) in [6.45, 7) is 3.98. The fraction of sp³-hybridized carbons (Fsp3) is 0.471. The van der Waals surface area contributed by atoms with Crippen LogP contribution >= 0.6 is 0 Å². The fourth-order valence-corrected chi connectivity index (χ4v) is 3.03. The molecule has 1 saturated heterocycles. The smallest absolute Gasteiger partial charge is 0.267 e. The average molecular weight is 331 g/mol. The summed E-state index contributed by atoms with van der Waals surface area (Å²) >= 11 is 0. The van der Waals surface area contributed by atoms with Gasteiger partial charge in [-0.3, -0.25) is 14.4 Å². The molecule has 7 nitrogen and oxygen atoms in total. The van der Waals surface area contributed by atoms with Crippen LogP contribution in [0.2, 0.25) is 0 Å². The van der Waals surface area contributed by atoms with Gasteiger partial charge in [-0.2, -0.15) is 0 Å². The van der Waals surface area contributed by atoms with Crippen LogP contribution in [0, 0.1) is 0 Å². The fourth-order valence-electron chi connectivity index (χ4n) is 3.03. The zero-order chi connectivity index (χ0) is 17.3. The summed E-state index contributed by atoms with van der Waals surface area (Å²) in [5, 5.41) is 0. The molecule has 1 aromatic rings. The van der Waals surface area contributed by atoms with E-state index in [0.29, 0.717) is 37.6 Å². The Kier molecular flexibility index (Phi) is 4.42. The van der Waals surface area contributed by atoms with Crippen molar-refractivity contribution >= 4 is 23.9 Å². The van der Waals surface area contributed by atoms with Gasteiger partial charge in [0.2, 0.25) is 12.3 Å². The maximum absolute atomic E-state index is 12.4. The molecule has 2 heterocycles. The molecule has 0 aliphatic carbocycles. The van der Waals surface area contributed by atoms with Gasteiger partial charge >= 0.3 is 0 Å². The minimum Gasteiger partial charge on any atom is -0.479 e. The van der Waals surface area contributed by atoms with Crippen molar-refractivity contribution < 1.29 is 19.1 Å². The SMILES string of the molecule is CC1Oc2ccc(CC(=O)N3CCN(C=O)CC3)cc2N(C)C1=O. The Labute approximate surface area is 140 Å². The molecule has 3 rings (SSSR count). The number of likely N-dealkylation sites (N-methyl/N-ethyl adjacent to an activating group) is 1. The Balaban J connectivity index is 1.69. The standard InChI is InChI=1S/C17H21N3O4/c1-12-17(23)18(2)14-9-13(3-4-15(14)24-12)10-16(22)20-7-5-19(11-21)6-8-20/h3-4,9,11-12H,5-8,10H2,1-2H3. The predicted molar refractivity (Wildman–Crippen MR) is 87.9 cm³/mol. The monoisotopic (exact) mass is 331 g/mol. The van der Waals surface area contributed by atoms with Gasteiger partial charge in [0.25, 0.3) is 5.91 Å². The third-order valence-corrected chi connectivity index (χ3v) is 4.54. The van der Waals surface area contributed by atoms with Gasteiger partial charge in [0.05, 0.1) is 12.1 Å². The zero-order valence-electron chi connectivity index (χ0n) is 13.9. The van der Waals surface area contributed by atoms with Crippen LogP contribution in [-0.2, 0) is 20.8 Å². The topological polar surface area (TPSA) is 70.2 Å². The van der Waals surface area contributed by atoms with Gasteiger partial charge < -0.3 is 19.4 Å². The molecule has 2 aliphatic rings. The first-order valence-corrected chi connectivity index (χ1v) is 8.04. The summed E-state index contributed by atoms with van der Waals surface area (Å²) in [5.74, 6) is 0.580. The van der Waals surface area contributed by atoms with Crippen LogP contribution in [0.25, 0.3) is 0 Å². The number of nitrogens with zero attached hydrogens (tertiary/aromatic N) is 3. The first-order valence-electron chi connectivity index (χ1n) is 8.04. The van der Waals surface area contributed by atoms with Crippen LogP contribution in [-0.4, -0.2) is 67.4 Å². The maximum atomic E-state index is 12.4. The van der Waals surface area contributed by atoms with E-state index in [1.54, 1.807) is 28.7 Å². The number of ether oxygens (including phenoxy) is 1. The van der Waals surface area contributed by atoms with Crippen LogP contribution in [0.5, 0.6) is 5.75 Å². The van der Waals surface area contributed by atoms with E-state index in [1.165, 1.54) is 0 Å². The second-order valence-corrected chi connectivity index (χ2v) is 6.16. The molecule has 0 saturated carbocycles. The molecule has 1 fully saturated rings. The lowest BCUT2D eigenvalue weighted by atomic mass is 10.1. The van der Waals surface area contributed by atoms with Crippen LogP contribution in [0.15, 0.2) is 18.2 Å². The number of amides is 3. The van der Waals surface area contributed by atoms with Crippen molar-refractivity contribution in [3.8, 4) is 5.75 Å². The van der Waals surface area contributed by atoms with Gasteiger partial charge in [-0.25, -0.2) is 0 Å². The third kappa shape index (κ3) is 3.06. The molecule has 7 heteroatoms. The van der Waals surface area contributed by atoms with Crippen molar-refractivity contribution in [3.05, 3.63) is 23.8 Å². The molecule has 0 aromatic heterocycles.